The Balaban J connectivity index is 1.90. The van der Waals surface area contributed by atoms with Crippen LogP contribution in [-0.2, 0) is 6.54 Å². The van der Waals surface area contributed by atoms with Crippen LogP contribution in [0.4, 0.5) is 4.39 Å². The Hall–Kier alpha value is -3.50. The molecule has 0 bridgehead atoms. The van der Waals surface area contributed by atoms with E-state index in [1.54, 1.807) is 34.9 Å². The zero-order chi connectivity index (χ0) is 19.0. The van der Waals surface area contributed by atoms with E-state index < -0.39 is 17.3 Å². The number of hydrogen-bond acceptors (Lipinski definition) is 4. The predicted molar refractivity (Wildman–Crippen MR) is 101 cm³/mol. The average molecular weight is 378 g/mol. The number of thiazole rings is 1. The summed E-state index contributed by atoms with van der Waals surface area (Å²) in [5.41, 5.74) is 0.109. The van der Waals surface area contributed by atoms with Crippen molar-refractivity contribution >= 4 is 38.4 Å². The van der Waals surface area contributed by atoms with Gasteiger partial charge in [0.25, 0.3) is 5.91 Å². The minimum Gasteiger partial charge on any atom is -0.422 e. The zero-order valence-corrected chi connectivity index (χ0v) is 14.6. The van der Waals surface area contributed by atoms with Crippen molar-refractivity contribution in [1.82, 2.24) is 4.57 Å². The molecule has 2 heterocycles. The largest absolute Gasteiger partial charge is 0.422 e. The van der Waals surface area contributed by atoms with E-state index in [0.717, 1.165) is 11.3 Å². The van der Waals surface area contributed by atoms with E-state index in [2.05, 4.69) is 10.9 Å². The first kappa shape index (κ1) is 16.9. The quantitative estimate of drug-likeness (QED) is 0.397. The minimum absolute atomic E-state index is 0.157. The molecule has 4 aromatic rings. The molecular weight excluding hydrogens is 367 g/mol. The molecule has 27 heavy (non-hydrogen) atoms. The number of rotatable bonds is 2. The van der Waals surface area contributed by atoms with E-state index in [1.807, 2.05) is 0 Å². The fraction of sp³-hybridized carbons (Fsp3) is 0.0500. The van der Waals surface area contributed by atoms with Gasteiger partial charge in [0, 0.05) is 5.39 Å². The van der Waals surface area contributed by atoms with Gasteiger partial charge in [-0.3, -0.25) is 4.79 Å². The third-order valence-corrected chi connectivity index (χ3v) is 5.00. The van der Waals surface area contributed by atoms with E-state index in [9.17, 15) is 14.0 Å². The fourth-order valence-corrected chi connectivity index (χ4v) is 3.79. The van der Waals surface area contributed by atoms with E-state index in [0.29, 0.717) is 21.2 Å². The number of carbonyl (C=O) groups excluding carboxylic acids is 1. The third-order valence-electron chi connectivity index (χ3n) is 3.96. The summed E-state index contributed by atoms with van der Waals surface area (Å²) in [6.45, 7) is 0.157. The molecule has 4 rings (SSSR count). The monoisotopic (exact) mass is 378 g/mol. The van der Waals surface area contributed by atoms with Gasteiger partial charge in [0.2, 0.25) is 0 Å². The molecule has 0 aliphatic carbocycles. The van der Waals surface area contributed by atoms with Gasteiger partial charge in [-0.25, -0.2) is 9.18 Å². The van der Waals surface area contributed by atoms with Crippen LogP contribution in [0.3, 0.4) is 0 Å². The van der Waals surface area contributed by atoms with Crippen LogP contribution in [0.2, 0.25) is 0 Å². The molecule has 2 aromatic carbocycles. The van der Waals surface area contributed by atoms with Crippen LogP contribution in [0, 0.1) is 18.2 Å². The molecule has 0 fully saturated rings. The summed E-state index contributed by atoms with van der Waals surface area (Å²) >= 11 is 1.12. The molecule has 5 nitrogen and oxygen atoms in total. The van der Waals surface area contributed by atoms with Crippen molar-refractivity contribution in [3.8, 4) is 12.3 Å². The van der Waals surface area contributed by atoms with Gasteiger partial charge in [0.1, 0.15) is 17.0 Å². The number of para-hydroxylation sites is 1. The van der Waals surface area contributed by atoms with Gasteiger partial charge in [0.15, 0.2) is 4.80 Å². The Labute approximate surface area is 156 Å². The Morgan fingerprint density at radius 3 is 2.89 bits per heavy atom. The normalized spacial score (nSPS) is 11.8. The van der Waals surface area contributed by atoms with E-state index in [4.69, 9.17) is 10.8 Å². The second-order valence-electron chi connectivity index (χ2n) is 5.69. The summed E-state index contributed by atoms with van der Waals surface area (Å²) in [5.74, 6) is 1.35. The first-order chi connectivity index (χ1) is 13.1. The van der Waals surface area contributed by atoms with Crippen LogP contribution in [0.1, 0.15) is 10.4 Å². The van der Waals surface area contributed by atoms with Crippen molar-refractivity contribution in [3.63, 3.8) is 0 Å². The summed E-state index contributed by atoms with van der Waals surface area (Å²) in [5, 5.41) is 0.616. The van der Waals surface area contributed by atoms with Crippen LogP contribution in [0.5, 0.6) is 0 Å². The number of halogens is 1. The highest BCUT2D eigenvalue weighted by atomic mass is 32.1. The maximum absolute atomic E-state index is 13.5. The lowest BCUT2D eigenvalue weighted by molar-refractivity contribution is 0.0994. The fourth-order valence-electron chi connectivity index (χ4n) is 2.73. The first-order valence-corrected chi connectivity index (χ1v) is 8.73. The lowest BCUT2D eigenvalue weighted by atomic mass is 10.2. The molecule has 132 valence electrons. The number of hydrogen-bond donors (Lipinski definition) is 0. The number of aromatic nitrogens is 1. The lowest BCUT2D eigenvalue weighted by Gasteiger charge is -2.00. The van der Waals surface area contributed by atoms with Gasteiger partial charge in [-0.2, -0.15) is 4.99 Å². The number of fused-ring (bicyclic) bond motifs is 2. The predicted octanol–water partition coefficient (Wildman–Crippen LogP) is 3.32. The van der Waals surface area contributed by atoms with Crippen molar-refractivity contribution in [1.29, 1.82) is 0 Å². The summed E-state index contributed by atoms with van der Waals surface area (Å²) in [6.07, 6.45) is 5.41. The van der Waals surface area contributed by atoms with E-state index >= 15 is 0 Å². The number of benzene rings is 2. The van der Waals surface area contributed by atoms with Gasteiger partial charge in [0.05, 0.1) is 16.8 Å². The zero-order valence-electron chi connectivity index (χ0n) is 13.8. The lowest BCUT2D eigenvalue weighted by Crippen LogP contribution is -2.19. The highest BCUT2D eigenvalue weighted by molar-refractivity contribution is 7.16. The van der Waals surface area contributed by atoms with Crippen LogP contribution >= 0.6 is 11.3 Å². The molecule has 0 saturated heterocycles. The summed E-state index contributed by atoms with van der Waals surface area (Å²) in [4.78, 5) is 29.1. The molecule has 0 saturated carbocycles. The average Bonchev–Trinajstić information content (AvgIpc) is 2.97. The van der Waals surface area contributed by atoms with Crippen LogP contribution < -0.4 is 10.4 Å². The van der Waals surface area contributed by atoms with Crippen molar-refractivity contribution in [2.24, 2.45) is 4.99 Å². The Bertz CT molecular complexity index is 1370. The van der Waals surface area contributed by atoms with E-state index in [1.165, 1.54) is 18.2 Å². The molecule has 0 atom stereocenters. The molecule has 0 aliphatic rings. The molecule has 0 spiro atoms. The van der Waals surface area contributed by atoms with Crippen molar-refractivity contribution < 1.29 is 13.6 Å². The third kappa shape index (κ3) is 3.07. The topological polar surface area (TPSA) is 64.6 Å². The molecule has 2 aromatic heterocycles. The van der Waals surface area contributed by atoms with Crippen LogP contribution in [0.25, 0.3) is 21.2 Å². The Morgan fingerprint density at radius 2 is 2.07 bits per heavy atom. The van der Waals surface area contributed by atoms with Gasteiger partial charge < -0.3 is 8.98 Å². The van der Waals surface area contributed by atoms with Crippen molar-refractivity contribution in [2.75, 3.05) is 0 Å². The van der Waals surface area contributed by atoms with Gasteiger partial charge in [-0.1, -0.05) is 35.5 Å². The van der Waals surface area contributed by atoms with Gasteiger partial charge in [-0.15, -0.1) is 6.42 Å². The summed E-state index contributed by atoms with van der Waals surface area (Å²) < 4.78 is 20.9. The maximum atomic E-state index is 13.5. The second-order valence-corrected chi connectivity index (χ2v) is 6.70. The molecule has 0 aliphatic heterocycles. The number of nitrogens with zero attached hydrogens (tertiary/aromatic N) is 2. The molecule has 0 radical (unpaired) electrons. The molecule has 1 amide bonds. The van der Waals surface area contributed by atoms with E-state index in [-0.39, 0.29) is 16.9 Å². The highest BCUT2D eigenvalue weighted by Crippen LogP contribution is 2.19. The first-order valence-electron chi connectivity index (χ1n) is 7.91. The summed E-state index contributed by atoms with van der Waals surface area (Å²) in [6, 6.07) is 12.6. The Kier molecular flexibility index (Phi) is 4.18. The highest BCUT2D eigenvalue weighted by Gasteiger charge is 2.14. The molecular formula is C20H11FN2O3S. The number of carbonyl (C=O) groups is 1. The number of amides is 1. The molecule has 7 heteroatoms. The SMILES string of the molecule is C#CCn1c(=NC(=O)c2cc3ccccc3oc2=O)sc2cc(F)ccc21. The second kappa shape index (κ2) is 6.67. The molecule has 0 N–H and O–H groups in total. The maximum Gasteiger partial charge on any atom is 0.349 e. The van der Waals surface area contributed by atoms with Crippen molar-refractivity contribution in [2.45, 2.75) is 6.54 Å². The van der Waals surface area contributed by atoms with Crippen molar-refractivity contribution in [3.05, 3.63) is 75.1 Å². The Morgan fingerprint density at radius 1 is 1.26 bits per heavy atom. The van der Waals surface area contributed by atoms with Gasteiger partial charge >= 0.3 is 5.63 Å². The van der Waals surface area contributed by atoms with Crippen LogP contribution in [-0.4, -0.2) is 10.5 Å². The minimum atomic E-state index is -0.766. The van der Waals surface area contributed by atoms with Crippen LogP contribution in [0.15, 0.2) is 62.7 Å². The summed E-state index contributed by atoms with van der Waals surface area (Å²) in [7, 11) is 0. The number of terminal acetylenes is 1. The molecule has 0 unspecified atom stereocenters. The van der Waals surface area contributed by atoms with Gasteiger partial charge in [-0.05, 0) is 30.3 Å². The smallest absolute Gasteiger partial charge is 0.349 e. The standard InChI is InChI=1S/C20H11FN2O3S/c1-2-9-23-15-8-7-13(21)11-17(15)27-20(23)22-18(24)14-10-12-5-3-4-6-16(12)26-19(14)25/h1,3-8,10-11H,9H2.